The average molecular weight is 297 g/mol. The summed E-state index contributed by atoms with van der Waals surface area (Å²) in [5.41, 5.74) is 6.94. The highest BCUT2D eigenvalue weighted by atomic mass is 35.5. The maximum absolute atomic E-state index is 5.98. The van der Waals surface area contributed by atoms with Gasteiger partial charge in [-0.05, 0) is 42.8 Å². The van der Waals surface area contributed by atoms with Crippen LogP contribution in [0.3, 0.4) is 0 Å². The van der Waals surface area contributed by atoms with Gasteiger partial charge >= 0.3 is 0 Å². The van der Waals surface area contributed by atoms with Crippen molar-refractivity contribution in [3.05, 3.63) is 58.3 Å². The van der Waals surface area contributed by atoms with Gasteiger partial charge in [-0.1, -0.05) is 23.2 Å². The normalized spacial score (nSPS) is 13.9. The molecule has 3 nitrogen and oxygen atoms in total. The molecule has 1 heterocycles. The number of ether oxygens (including phenoxy) is 1. The second-order valence-corrected chi connectivity index (χ2v) is 5.16. The molecule has 2 unspecified atom stereocenters. The highest BCUT2D eigenvalue weighted by Gasteiger charge is 2.18. The lowest BCUT2D eigenvalue weighted by atomic mass is 10.1. The molecule has 0 bridgehead atoms. The molecular formula is C14H14Cl2N2O. The number of aromatic nitrogens is 1. The van der Waals surface area contributed by atoms with Gasteiger partial charge in [0.25, 0.3) is 0 Å². The first-order chi connectivity index (χ1) is 9.06. The molecule has 100 valence electrons. The molecule has 0 fully saturated rings. The van der Waals surface area contributed by atoms with Gasteiger partial charge in [-0.3, -0.25) is 4.98 Å². The van der Waals surface area contributed by atoms with Gasteiger partial charge in [-0.15, -0.1) is 0 Å². The van der Waals surface area contributed by atoms with Gasteiger partial charge in [0.2, 0.25) is 0 Å². The van der Waals surface area contributed by atoms with Crippen molar-refractivity contribution in [1.29, 1.82) is 0 Å². The van der Waals surface area contributed by atoms with Gasteiger partial charge in [0.15, 0.2) is 0 Å². The fraction of sp³-hybridized carbons (Fsp3) is 0.214. The summed E-state index contributed by atoms with van der Waals surface area (Å²) in [6.45, 7) is 1.89. The van der Waals surface area contributed by atoms with Crippen LogP contribution in [-0.4, -0.2) is 11.0 Å². The molecule has 1 aromatic heterocycles. The predicted octanol–water partition coefficient (Wildman–Crippen LogP) is 3.86. The third-order valence-corrected chi connectivity index (χ3v) is 3.05. The molecule has 19 heavy (non-hydrogen) atoms. The number of hydrogen-bond acceptors (Lipinski definition) is 3. The summed E-state index contributed by atoms with van der Waals surface area (Å²) >= 11 is 11.9. The van der Waals surface area contributed by atoms with Crippen molar-refractivity contribution in [3.8, 4) is 5.75 Å². The predicted molar refractivity (Wildman–Crippen MR) is 77.7 cm³/mol. The first kappa shape index (κ1) is 14.1. The monoisotopic (exact) mass is 296 g/mol. The van der Waals surface area contributed by atoms with Gasteiger partial charge in [0.05, 0.1) is 0 Å². The minimum Gasteiger partial charge on any atom is -0.484 e. The van der Waals surface area contributed by atoms with Gasteiger partial charge < -0.3 is 10.5 Å². The smallest absolute Gasteiger partial charge is 0.139 e. The maximum atomic E-state index is 5.98. The Morgan fingerprint density at radius 1 is 1.11 bits per heavy atom. The molecule has 1 aromatic carbocycles. The Balaban J connectivity index is 2.27. The molecule has 0 amide bonds. The molecule has 0 aliphatic rings. The third-order valence-electron chi connectivity index (χ3n) is 2.61. The number of benzene rings is 1. The minimum absolute atomic E-state index is 0.180. The second kappa shape index (κ2) is 6.24. The number of nitrogens with zero attached hydrogens (tertiary/aromatic N) is 1. The van der Waals surface area contributed by atoms with Crippen LogP contribution < -0.4 is 10.5 Å². The average Bonchev–Trinajstić information content (AvgIpc) is 2.35. The third kappa shape index (κ3) is 3.83. The van der Waals surface area contributed by atoms with Crippen LogP contribution in [0.2, 0.25) is 10.0 Å². The zero-order chi connectivity index (χ0) is 13.8. The van der Waals surface area contributed by atoms with Crippen molar-refractivity contribution in [2.24, 2.45) is 5.73 Å². The highest BCUT2D eigenvalue weighted by Crippen LogP contribution is 2.29. The van der Waals surface area contributed by atoms with E-state index in [2.05, 4.69) is 4.98 Å². The molecule has 0 aliphatic heterocycles. The van der Waals surface area contributed by atoms with Crippen LogP contribution in [0.25, 0.3) is 0 Å². The molecule has 2 atom stereocenters. The number of pyridine rings is 1. The molecule has 0 saturated carbocycles. The molecule has 0 aliphatic carbocycles. The van der Waals surface area contributed by atoms with E-state index in [-0.39, 0.29) is 12.1 Å². The molecule has 5 heteroatoms. The van der Waals surface area contributed by atoms with E-state index in [0.29, 0.717) is 15.8 Å². The molecule has 0 spiro atoms. The Labute approximate surface area is 122 Å². The summed E-state index contributed by atoms with van der Waals surface area (Å²) in [5.74, 6) is 0.594. The Morgan fingerprint density at radius 3 is 2.21 bits per heavy atom. The Kier molecular flexibility index (Phi) is 4.64. The SMILES string of the molecule is CC(N)C(Oc1cc(Cl)cc(Cl)c1)c1ccncc1. The standard InChI is InChI=1S/C14H14Cl2N2O/c1-9(17)14(10-2-4-18-5-3-10)19-13-7-11(15)6-12(16)8-13/h2-9,14H,17H2,1H3. The number of halogens is 2. The second-order valence-electron chi connectivity index (χ2n) is 4.28. The van der Waals surface area contributed by atoms with E-state index in [9.17, 15) is 0 Å². The van der Waals surface area contributed by atoms with Crippen molar-refractivity contribution < 1.29 is 4.74 Å². The fourth-order valence-electron chi connectivity index (χ4n) is 1.78. The van der Waals surface area contributed by atoms with Gasteiger partial charge in [0.1, 0.15) is 11.9 Å². The summed E-state index contributed by atoms with van der Waals surface area (Å²) in [4.78, 5) is 3.98. The molecular weight excluding hydrogens is 283 g/mol. The summed E-state index contributed by atoms with van der Waals surface area (Å²) in [7, 11) is 0. The van der Waals surface area contributed by atoms with Crippen LogP contribution in [0.4, 0.5) is 0 Å². The van der Waals surface area contributed by atoms with E-state index in [1.807, 2.05) is 19.1 Å². The number of hydrogen-bond donors (Lipinski definition) is 1. The van der Waals surface area contributed by atoms with Crippen molar-refractivity contribution in [1.82, 2.24) is 4.98 Å². The summed E-state index contributed by atoms with van der Waals surface area (Å²) < 4.78 is 5.90. The van der Waals surface area contributed by atoms with Crippen LogP contribution >= 0.6 is 23.2 Å². The Morgan fingerprint density at radius 2 is 1.68 bits per heavy atom. The van der Waals surface area contributed by atoms with Crippen LogP contribution in [0.5, 0.6) is 5.75 Å². The lowest BCUT2D eigenvalue weighted by Crippen LogP contribution is -2.29. The molecule has 0 saturated heterocycles. The number of rotatable bonds is 4. The molecule has 2 N–H and O–H groups in total. The highest BCUT2D eigenvalue weighted by molar-refractivity contribution is 6.34. The quantitative estimate of drug-likeness (QED) is 0.932. The van der Waals surface area contributed by atoms with E-state index in [0.717, 1.165) is 5.56 Å². The van der Waals surface area contributed by atoms with Crippen LogP contribution in [0, 0.1) is 0 Å². The van der Waals surface area contributed by atoms with Crippen LogP contribution in [0.15, 0.2) is 42.7 Å². The summed E-state index contributed by atoms with van der Waals surface area (Å²) in [6.07, 6.45) is 3.13. The van der Waals surface area contributed by atoms with E-state index < -0.39 is 0 Å². The lowest BCUT2D eigenvalue weighted by Gasteiger charge is -2.23. The van der Waals surface area contributed by atoms with Crippen molar-refractivity contribution in [3.63, 3.8) is 0 Å². The van der Waals surface area contributed by atoms with E-state index >= 15 is 0 Å². The van der Waals surface area contributed by atoms with Crippen molar-refractivity contribution in [2.75, 3.05) is 0 Å². The summed E-state index contributed by atoms with van der Waals surface area (Å²) in [5, 5.41) is 1.06. The van der Waals surface area contributed by atoms with Crippen LogP contribution in [0.1, 0.15) is 18.6 Å². The molecule has 0 radical (unpaired) electrons. The zero-order valence-corrected chi connectivity index (χ0v) is 11.9. The van der Waals surface area contributed by atoms with Crippen molar-refractivity contribution in [2.45, 2.75) is 19.1 Å². The number of nitrogens with two attached hydrogens (primary N) is 1. The first-order valence-corrected chi connectivity index (χ1v) is 6.60. The van der Waals surface area contributed by atoms with Gasteiger partial charge in [-0.2, -0.15) is 0 Å². The Bertz CT molecular complexity index is 526. The largest absolute Gasteiger partial charge is 0.484 e. The van der Waals surface area contributed by atoms with Gasteiger partial charge in [0, 0.05) is 28.5 Å². The zero-order valence-electron chi connectivity index (χ0n) is 10.4. The summed E-state index contributed by atoms with van der Waals surface area (Å²) in [6, 6.07) is 8.65. The van der Waals surface area contributed by atoms with Crippen LogP contribution in [-0.2, 0) is 0 Å². The lowest BCUT2D eigenvalue weighted by molar-refractivity contribution is 0.180. The molecule has 2 rings (SSSR count). The van der Waals surface area contributed by atoms with E-state index in [4.69, 9.17) is 33.7 Å². The molecule has 2 aromatic rings. The first-order valence-electron chi connectivity index (χ1n) is 5.84. The topological polar surface area (TPSA) is 48.1 Å². The fourth-order valence-corrected chi connectivity index (χ4v) is 2.28. The maximum Gasteiger partial charge on any atom is 0.139 e. The Hall–Kier alpha value is -1.29. The van der Waals surface area contributed by atoms with E-state index in [1.165, 1.54) is 0 Å². The van der Waals surface area contributed by atoms with Crippen molar-refractivity contribution >= 4 is 23.2 Å². The van der Waals surface area contributed by atoms with E-state index in [1.54, 1.807) is 30.6 Å². The minimum atomic E-state index is -0.280. The van der Waals surface area contributed by atoms with Gasteiger partial charge in [-0.25, -0.2) is 0 Å².